The molecule has 2 aromatic heterocycles. The van der Waals surface area contributed by atoms with Crippen LogP contribution < -0.4 is 5.32 Å². The molecule has 2 N–H and O–H groups in total. The first-order valence-electron chi connectivity index (χ1n) is 9.74. The Labute approximate surface area is 182 Å². The molecular formula is C21H24BrN3OS2. The molecule has 1 atom stereocenters. The molecular weight excluding hydrogens is 454 g/mol. The summed E-state index contributed by atoms with van der Waals surface area (Å²) in [5.41, 5.74) is 1.42. The fraction of sp³-hybridized carbons (Fsp3) is 0.429. The molecule has 3 aromatic rings. The number of hydrogen-bond acceptors (Lipinski definition) is 6. The van der Waals surface area contributed by atoms with E-state index in [9.17, 15) is 5.11 Å². The maximum Gasteiger partial charge on any atom is 0.142 e. The molecule has 0 amide bonds. The zero-order valence-electron chi connectivity index (χ0n) is 15.9. The van der Waals surface area contributed by atoms with Gasteiger partial charge in [0.15, 0.2) is 0 Å². The van der Waals surface area contributed by atoms with Crippen LogP contribution in [0.4, 0.5) is 5.82 Å². The number of anilines is 1. The van der Waals surface area contributed by atoms with Crippen molar-refractivity contribution < 1.29 is 5.11 Å². The summed E-state index contributed by atoms with van der Waals surface area (Å²) in [4.78, 5) is 13.6. The first-order valence-corrected chi connectivity index (χ1v) is 12.3. The van der Waals surface area contributed by atoms with Crippen LogP contribution in [-0.4, -0.2) is 27.7 Å². The van der Waals surface area contributed by atoms with Crippen LogP contribution in [0.1, 0.15) is 42.5 Å². The topological polar surface area (TPSA) is 58.0 Å². The molecule has 2 heterocycles. The van der Waals surface area contributed by atoms with Crippen molar-refractivity contribution in [1.29, 1.82) is 0 Å². The van der Waals surface area contributed by atoms with Crippen LogP contribution in [0.5, 0.6) is 0 Å². The second kappa shape index (κ2) is 9.11. The number of aliphatic hydroxyl groups excluding tert-OH is 1. The Morgan fingerprint density at radius 3 is 2.75 bits per heavy atom. The van der Waals surface area contributed by atoms with Crippen LogP contribution in [0.3, 0.4) is 0 Å². The lowest BCUT2D eigenvalue weighted by atomic mass is 9.97. The maximum atomic E-state index is 9.68. The van der Waals surface area contributed by atoms with Gasteiger partial charge in [0.25, 0.3) is 0 Å². The number of fused-ring (bicyclic) bond motifs is 3. The van der Waals surface area contributed by atoms with Gasteiger partial charge >= 0.3 is 0 Å². The van der Waals surface area contributed by atoms with E-state index in [0.717, 1.165) is 46.0 Å². The quantitative estimate of drug-likeness (QED) is 0.420. The number of benzene rings is 1. The molecule has 0 radical (unpaired) electrons. The Balaban J connectivity index is 1.67. The van der Waals surface area contributed by atoms with E-state index in [2.05, 4.69) is 52.4 Å². The lowest BCUT2D eigenvalue weighted by molar-refractivity contribution is 0.271. The Morgan fingerprint density at radius 2 is 2.00 bits per heavy atom. The van der Waals surface area contributed by atoms with Gasteiger partial charge in [0.1, 0.15) is 16.5 Å². The van der Waals surface area contributed by atoms with Crippen molar-refractivity contribution in [3.8, 4) is 0 Å². The van der Waals surface area contributed by atoms with Crippen molar-refractivity contribution in [2.75, 3.05) is 11.9 Å². The number of thiophene rings is 1. The largest absolute Gasteiger partial charge is 0.394 e. The third kappa shape index (κ3) is 4.37. The minimum absolute atomic E-state index is 0.0178. The van der Waals surface area contributed by atoms with Gasteiger partial charge in [0.2, 0.25) is 0 Å². The highest BCUT2D eigenvalue weighted by molar-refractivity contribution is 9.10. The monoisotopic (exact) mass is 477 g/mol. The molecule has 1 aromatic carbocycles. The maximum absolute atomic E-state index is 9.68. The molecule has 148 valence electrons. The highest BCUT2D eigenvalue weighted by Gasteiger charge is 2.22. The average molecular weight is 478 g/mol. The van der Waals surface area contributed by atoms with Gasteiger partial charge in [0, 0.05) is 14.2 Å². The SMILES string of the molecule is CC[C@H](CO)Nc1nc(CSc2ccc(Br)cc2)nc2sc3c(c12)CCCC3. The van der Waals surface area contributed by atoms with Gasteiger partial charge < -0.3 is 10.4 Å². The van der Waals surface area contributed by atoms with Crippen LogP contribution in [0, 0.1) is 0 Å². The van der Waals surface area contributed by atoms with Crippen molar-refractivity contribution >= 4 is 55.1 Å². The highest BCUT2D eigenvalue weighted by Crippen LogP contribution is 2.39. The van der Waals surface area contributed by atoms with Crippen molar-refractivity contribution in [3.05, 3.63) is 45.0 Å². The predicted octanol–water partition coefficient (Wildman–Crippen LogP) is 5.81. The lowest BCUT2D eigenvalue weighted by Gasteiger charge is -2.18. The first kappa shape index (κ1) is 20.1. The van der Waals surface area contributed by atoms with Crippen molar-refractivity contribution in [2.24, 2.45) is 0 Å². The lowest BCUT2D eigenvalue weighted by Crippen LogP contribution is -2.23. The van der Waals surface area contributed by atoms with Gasteiger partial charge in [-0.05, 0) is 61.9 Å². The molecule has 4 nitrogen and oxygen atoms in total. The van der Waals surface area contributed by atoms with Crippen molar-refractivity contribution in [2.45, 2.75) is 55.7 Å². The fourth-order valence-electron chi connectivity index (χ4n) is 3.52. The molecule has 7 heteroatoms. The number of nitrogens with one attached hydrogen (secondary N) is 1. The summed E-state index contributed by atoms with van der Waals surface area (Å²) < 4.78 is 1.08. The number of thioether (sulfide) groups is 1. The zero-order valence-corrected chi connectivity index (χ0v) is 19.1. The smallest absolute Gasteiger partial charge is 0.142 e. The van der Waals surface area contributed by atoms with Crippen molar-refractivity contribution in [1.82, 2.24) is 9.97 Å². The molecule has 1 aliphatic carbocycles. The molecule has 1 aliphatic rings. The van der Waals surface area contributed by atoms with Crippen molar-refractivity contribution in [3.63, 3.8) is 0 Å². The van der Waals surface area contributed by atoms with E-state index < -0.39 is 0 Å². The molecule has 0 saturated carbocycles. The van der Waals surface area contributed by atoms with Gasteiger partial charge in [-0.2, -0.15) is 0 Å². The van der Waals surface area contributed by atoms with E-state index in [-0.39, 0.29) is 12.6 Å². The standard InChI is InChI=1S/C21H24BrN3OS2/c1-2-14(11-26)23-20-19-16-5-3-4-6-17(16)28-21(19)25-18(24-20)12-27-15-9-7-13(22)8-10-15/h7-10,14,26H,2-6,11-12H2,1H3,(H,23,24,25)/t14-/m1/s1. The molecule has 0 unspecified atom stereocenters. The number of hydrogen-bond donors (Lipinski definition) is 2. The van der Waals surface area contributed by atoms with Gasteiger partial charge in [-0.25, -0.2) is 9.97 Å². The highest BCUT2D eigenvalue weighted by atomic mass is 79.9. The zero-order chi connectivity index (χ0) is 19.5. The third-order valence-electron chi connectivity index (χ3n) is 5.10. The normalized spacial score (nSPS) is 14.8. The third-order valence-corrected chi connectivity index (χ3v) is 7.82. The Morgan fingerprint density at radius 1 is 1.21 bits per heavy atom. The second-order valence-corrected chi connectivity index (χ2v) is 10.1. The van der Waals surface area contributed by atoms with E-state index in [4.69, 9.17) is 9.97 Å². The van der Waals surface area contributed by atoms with Gasteiger partial charge in [0.05, 0.1) is 23.8 Å². The van der Waals surface area contributed by atoms with E-state index >= 15 is 0 Å². The number of halogens is 1. The van der Waals surface area contributed by atoms with Gasteiger partial charge in [-0.1, -0.05) is 22.9 Å². The van der Waals surface area contributed by atoms with E-state index in [1.165, 1.54) is 33.6 Å². The van der Waals surface area contributed by atoms with Crippen LogP contribution in [0.15, 0.2) is 33.6 Å². The molecule has 0 saturated heterocycles. The average Bonchev–Trinajstić information content (AvgIpc) is 3.10. The summed E-state index contributed by atoms with van der Waals surface area (Å²) in [6, 6.07) is 8.34. The fourth-order valence-corrected chi connectivity index (χ4v) is 5.82. The van der Waals surface area contributed by atoms with Crippen LogP contribution in [0.25, 0.3) is 10.2 Å². The van der Waals surface area contributed by atoms with E-state index in [1.54, 1.807) is 11.8 Å². The molecule has 0 bridgehead atoms. The van der Waals surface area contributed by atoms with Crippen LogP contribution >= 0.6 is 39.0 Å². The second-order valence-electron chi connectivity index (χ2n) is 7.05. The minimum atomic E-state index is 0.0178. The Kier molecular flexibility index (Phi) is 6.55. The predicted molar refractivity (Wildman–Crippen MR) is 123 cm³/mol. The number of aliphatic hydroxyl groups is 1. The first-order chi connectivity index (χ1) is 13.7. The van der Waals surface area contributed by atoms with E-state index in [1.807, 2.05) is 11.3 Å². The summed E-state index contributed by atoms with van der Waals surface area (Å²) in [5.74, 6) is 2.47. The van der Waals surface area contributed by atoms with Crippen LogP contribution in [0.2, 0.25) is 0 Å². The summed E-state index contributed by atoms with van der Waals surface area (Å²) in [6.45, 7) is 2.19. The molecule has 4 rings (SSSR count). The van der Waals surface area contributed by atoms with E-state index in [0.29, 0.717) is 0 Å². The summed E-state index contributed by atoms with van der Waals surface area (Å²) in [5, 5.41) is 14.4. The molecule has 28 heavy (non-hydrogen) atoms. The minimum Gasteiger partial charge on any atom is -0.394 e. The summed E-state index contributed by atoms with van der Waals surface area (Å²) in [6.07, 6.45) is 5.61. The van der Waals surface area contributed by atoms with Gasteiger partial charge in [-0.15, -0.1) is 23.1 Å². The number of rotatable bonds is 7. The number of aryl methyl sites for hydroxylation is 2. The summed E-state index contributed by atoms with van der Waals surface area (Å²) >= 11 is 7.05. The van der Waals surface area contributed by atoms with Crippen LogP contribution in [-0.2, 0) is 18.6 Å². The Bertz CT molecular complexity index is 954. The van der Waals surface area contributed by atoms with Gasteiger partial charge in [-0.3, -0.25) is 0 Å². The molecule has 0 fully saturated rings. The Hall–Kier alpha value is -1.15. The molecule has 0 aliphatic heterocycles. The number of nitrogens with zero attached hydrogens (tertiary/aromatic N) is 2. The molecule has 0 spiro atoms. The summed E-state index contributed by atoms with van der Waals surface area (Å²) in [7, 11) is 0. The number of aromatic nitrogens is 2.